The molecule has 1 rings (SSSR count). The summed E-state index contributed by atoms with van der Waals surface area (Å²) in [7, 11) is 0. The Morgan fingerprint density at radius 3 is 2.39 bits per heavy atom. The molecule has 0 aromatic heterocycles. The lowest BCUT2D eigenvalue weighted by atomic mass is 10.2. The molecule has 1 aromatic rings. The van der Waals surface area contributed by atoms with Gasteiger partial charge in [0.25, 0.3) is 0 Å². The summed E-state index contributed by atoms with van der Waals surface area (Å²) >= 11 is 11.8. The van der Waals surface area contributed by atoms with E-state index in [4.69, 9.17) is 28.3 Å². The van der Waals surface area contributed by atoms with Gasteiger partial charge in [0.2, 0.25) is 5.91 Å². The number of halogens is 2. The highest BCUT2D eigenvalue weighted by molar-refractivity contribution is 6.37. The molecule has 0 aliphatic rings. The molecule has 1 atom stereocenters. The summed E-state index contributed by atoms with van der Waals surface area (Å²) in [4.78, 5) is 21.9. The maximum absolute atomic E-state index is 11.4. The quantitative estimate of drug-likeness (QED) is 0.837. The van der Waals surface area contributed by atoms with Crippen LogP contribution >= 0.6 is 23.2 Å². The molecule has 6 heteroatoms. The minimum atomic E-state index is -1.10. The van der Waals surface area contributed by atoms with Crippen LogP contribution in [-0.4, -0.2) is 23.0 Å². The van der Waals surface area contributed by atoms with Crippen molar-refractivity contribution in [3.8, 4) is 0 Å². The molecule has 0 aliphatic carbocycles. The number of hydrogen-bond donors (Lipinski definition) is 2. The molecule has 1 amide bonds. The van der Waals surface area contributed by atoms with Gasteiger partial charge in [0, 0.05) is 21.7 Å². The minimum Gasteiger partial charge on any atom is -0.480 e. The maximum Gasteiger partial charge on any atom is 0.325 e. The third kappa shape index (κ3) is 4.05. The summed E-state index contributed by atoms with van der Waals surface area (Å²) in [5.41, 5.74) is 0.513. The highest BCUT2D eigenvalue weighted by atomic mass is 35.5. The molecule has 0 heterocycles. The van der Waals surface area contributed by atoms with Crippen LogP contribution in [0, 0.1) is 0 Å². The standard InChI is InChI=1S/C12H11Cl2NO3/c1-7(12(17)18)15-11(16)6-5-8-9(13)3-2-4-10(8)14/h2-7H,1H3,(H,15,16)(H,17,18)/b6-5+. The average Bonchev–Trinajstić information content (AvgIpc) is 2.28. The average molecular weight is 288 g/mol. The molecule has 0 spiro atoms. The lowest BCUT2D eigenvalue weighted by Crippen LogP contribution is -2.37. The Morgan fingerprint density at radius 1 is 1.33 bits per heavy atom. The van der Waals surface area contributed by atoms with E-state index in [2.05, 4.69) is 5.32 Å². The molecule has 0 saturated heterocycles. The van der Waals surface area contributed by atoms with Crippen LogP contribution in [0.5, 0.6) is 0 Å². The van der Waals surface area contributed by atoms with Crippen molar-refractivity contribution in [3.05, 3.63) is 39.9 Å². The van der Waals surface area contributed by atoms with Gasteiger partial charge < -0.3 is 10.4 Å². The van der Waals surface area contributed by atoms with E-state index < -0.39 is 17.9 Å². The van der Waals surface area contributed by atoms with Gasteiger partial charge in [-0.1, -0.05) is 29.3 Å². The number of carbonyl (C=O) groups excluding carboxylic acids is 1. The molecule has 18 heavy (non-hydrogen) atoms. The van der Waals surface area contributed by atoms with E-state index in [1.54, 1.807) is 18.2 Å². The summed E-state index contributed by atoms with van der Waals surface area (Å²) in [6.07, 6.45) is 2.63. The lowest BCUT2D eigenvalue weighted by molar-refractivity contribution is -0.140. The van der Waals surface area contributed by atoms with Crippen LogP contribution in [-0.2, 0) is 9.59 Å². The van der Waals surface area contributed by atoms with E-state index in [1.165, 1.54) is 19.1 Å². The second kappa shape index (κ2) is 6.42. The number of benzene rings is 1. The Morgan fingerprint density at radius 2 is 1.89 bits per heavy atom. The molecular weight excluding hydrogens is 277 g/mol. The largest absolute Gasteiger partial charge is 0.480 e. The third-order valence-corrected chi connectivity index (χ3v) is 2.79. The molecule has 0 bridgehead atoms. The Hall–Kier alpha value is -1.52. The van der Waals surface area contributed by atoms with Crippen molar-refractivity contribution in [1.29, 1.82) is 0 Å². The molecule has 0 saturated carbocycles. The third-order valence-electron chi connectivity index (χ3n) is 2.13. The second-order valence-electron chi connectivity index (χ2n) is 3.54. The Labute approximate surface area is 114 Å². The van der Waals surface area contributed by atoms with E-state index in [1.807, 2.05) is 0 Å². The topological polar surface area (TPSA) is 66.4 Å². The molecule has 1 aromatic carbocycles. The predicted octanol–water partition coefficient (Wildman–Crippen LogP) is 2.60. The molecule has 2 N–H and O–H groups in total. The Bertz CT molecular complexity index is 480. The fourth-order valence-corrected chi connectivity index (χ4v) is 1.68. The van der Waals surface area contributed by atoms with Crippen LogP contribution in [0.4, 0.5) is 0 Å². The number of nitrogens with one attached hydrogen (secondary N) is 1. The number of carbonyl (C=O) groups is 2. The van der Waals surface area contributed by atoms with Gasteiger partial charge in [0.05, 0.1) is 0 Å². The van der Waals surface area contributed by atoms with Crippen molar-refractivity contribution >= 4 is 41.2 Å². The number of carboxylic acid groups (broad SMARTS) is 1. The molecule has 0 aliphatic heterocycles. The number of aliphatic carboxylic acids is 1. The zero-order valence-corrected chi connectivity index (χ0v) is 11.0. The number of amides is 1. The van der Waals surface area contributed by atoms with Crippen molar-refractivity contribution in [2.75, 3.05) is 0 Å². The molecule has 1 unspecified atom stereocenters. The minimum absolute atomic E-state index is 0.415. The first-order chi connectivity index (χ1) is 8.41. The van der Waals surface area contributed by atoms with Crippen LogP contribution in [0.25, 0.3) is 6.08 Å². The highest BCUT2D eigenvalue weighted by Gasteiger charge is 2.12. The van der Waals surface area contributed by atoms with E-state index in [9.17, 15) is 9.59 Å². The van der Waals surface area contributed by atoms with Gasteiger partial charge in [-0.3, -0.25) is 9.59 Å². The van der Waals surface area contributed by atoms with Crippen LogP contribution in [0.3, 0.4) is 0 Å². The van der Waals surface area contributed by atoms with Crippen LogP contribution in [0.1, 0.15) is 12.5 Å². The zero-order valence-electron chi connectivity index (χ0n) is 9.48. The summed E-state index contributed by atoms with van der Waals surface area (Å²) < 4.78 is 0. The first kappa shape index (κ1) is 14.5. The van der Waals surface area contributed by atoms with Crippen LogP contribution in [0.2, 0.25) is 10.0 Å². The fraction of sp³-hybridized carbons (Fsp3) is 0.167. The molecule has 4 nitrogen and oxygen atoms in total. The van der Waals surface area contributed by atoms with Gasteiger partial charge in [-0.25, -0.2) is 0 Å². The van der Waals surface area contributed by atoms with Gasteiger partial charge in [-0.2, -0.15) is 0 Å². The maximum atomic E-state index is 11.4. The van der Waals surface area contributed by atoms with E-state index in [0.29, 0.717) is 15.6 Å². The normalized spacial score (nSPS) is 12.4. The van der Waals surface area contributed by atoms with Gasteiger partial charge in [0.15, 0.2) is 0 Å². The zero-order chi connectivity index (χ0) is 13.7. The van der Waals surface area contributed by atoms with Gasteiger partial charge in [-0.15, -0.1) is 0 Å². The summed E-state index contributed by atoms with van der Waals surface area (Å²) in [6, 6.07) is 4.02. The smallest absolute Gasteiger partial charge is 0.325 e. The van der Waals surface area contributed by atoms with Crippen LogP contribution in [0.15, 0.2) is 24.3 Å². The number of carboxylic acids is 1. The van der Waals surface area contributed by atoms with Gasteiger partial charge in [-0.05, 0) is 25.1 Å². The van der Waals surface area contributed by atoms with E-state index >= 15 is 0 Å². The lowest BCUT2D eigenvalue weighted by Gasteiger charge is -2.06. The van der Waals surface area contributed by atoms with Crippen molar-refractivity contribution in [3.63, 3.8) is 0 Å². The number of hydrogen-bond acceptors (Lipinski definition) is 2. The van der Waals surface area contributed by atoms with Crippen LogP contribution < -0.4 is 5.32 Å². The van der Waals surface area contributed by atoms with Crippen molar-refractivity contribution in [2.24, 2.45) is 0 Å². The van der Waals surface area contributed by atoms with Crippen molar-refractivity contribution in [1.82, 2.24) is 5.32 Å². The first-order valence-corrected chi connectivity index (χ1v) is 5.83. The SMILES string of the molecule is CC(NC(=O)/C=C/c1c(Cl)cccc1Cl)C(=O)O. The highest BCUT2D eigenvalue weighted by Crippen LogP contribution is 2.25. The molecule has 0 fully saturated rings. The second-order valence-corrected chi connectivity index (χ2v) is 4.35. The molecular formula is C12H11Cl2NO3. The monoisotopic (exact) mass is 287 g/mol. The van der Waals surface area contributed by atoms with Crippen molar-refractivity contribution < 1.29 is 14.7 Å². The van der Waals surface area contributed by atoms with Crippen molar-refractivity contribution in [2.45, 2.75) is 13.0 Å². The van der Waals surface area contributed by atoms with Gasteiger partial charge >= 0.3 is 5.97 Å². The first-order valence-electron chi connectivity index (χ1n) is 5.07. The predicted molar refractivity (Wildman–Crippen MR) is 70.7 cm³/mol. The molecule has 0 radical (unpaired) electrons. The Kier molecular flexibility index (Phi) is 5.19. The number of rotatable bonds is 4. The molecule has 96 valence electrons. The fourth-order valence-electron chi connectivity index (χ4n) is 1.15. The van der Waals surface area contributed by atoms with E-state index in [0.717, 1.165) is 0 Å². The summed E-state index contributed by atoms with van der Waals surface area (Å²) in [5, 5.41) is 11.7. The Balaban J connectivity index is 2.75. The van der Waals surface area contributed by atoms with E-state index in [-0.39, 0.29) is 0 Å². The van der Waals surface area contributed by atoms with Gasteiger partial charge in [0.1, 0.15) is 6.04 Å². The summed E-state index contributed by atoms with van der Waals surface area (Å²) in [5.74, 6) is -1.63. The summed E-state index contributed by atoms with van der Waals surface area (Å²) in [6.45, 7) is 1.37.